The minimum atomic E-state index is -3.66. The third-order valence-corrected chi connectivity index (χ3v) is 4.37. The van der Waals surface area contributed by atoms with Crippen LogP contribution in [0.2, 0.25) is 0 Å². The monoisotopic (exact) mass is 301 g/mol. The second-order valence-electron chi connectivity index (χ2n) is 4.09. The minimum Gasteiger partial charge on any atom is -0.480 e. The molecule has 0 saturated heterocycles. The van der Waals surface area contributed by atoms with Gasteiger partial charge in [-0.05, 0) is 31.8 Å². The number of aliphatic carboxylic acids is 1. The molecule has 6 heteroatoms. The largest absolute Gasteiger partial charge is 0.480 e. The van der Waals surface area contributed by atoms with Gasteiger partial charge >= 0.3 is 5.97 Å². The van der Waals surface area contributed by atoms with Crippen molar-refractivity contribution in [2.75, 3.05) is 25.4 Å². The Morgan fingerprint density at radius 1 is 1.05 bits per heavy atom. The van der Waals surface area contributed by atoms with Crippen molar-refractivity contribution in [3.8, 4) is 0 Å². The average Bonchev–Trinajstić information content (AvgIpc) is 2.41. The van der Waals surface area contributed by atoms with E-state index in [1.54, 1.807) is 18.2 Å². The molecule has 0 spiro atoms. The van der Waals surface area contributed by atoms with E-state index in [0.29, 0.717) is 0 Å². The van der Waals surface area contributed by atoms with E-state index in [1.807, 2.05) is 0 Å². The van der Waals surface area contributed by atoms with Crippen LogP contribution in [0.1, 0.15) is 20.8 Å². The van der Waals surface area contributed by atoms with Crippen LogP contribution in [-0.2, 0) is 14.6 Å². The van der Waals surface area contributed by atoms with Gasteiger partial charge in [-0.25, -0.2) is 8.42 Å². The predicted octanol–water partition coefficient (Wildman–Crippen LogP) is 1.89. The molecule has 1 aromatic rings. The highest BCUT2D eigenvalue weighted by Gasteiger charge is 2.17. The van der Waals surface area contributed by atoms with Gasteiger partial charge in [-0.2, -0.15) is 0 Å². The van der Waals surface area contributed by atoms with E-state index in [9.17, 15) is 13.2 Å². The van der Waals surface area contributed by atoms with Crippen LogP contribution >= 0.6 is 0 Å². The first-order valence-electron chi connectivity index (χ1n) is 6.59. The maximum atomic E-state index is 11.3. The summed E-state index contributed by atoms with van der Waals surface area (Å²) in [6, 6.07) is 7.51. The first-order chi connectivity index (χ1) is 9.37. The molecule has 0 saturated carbocycles. The number of hydrogen-bond acceptors (Lipinski definition) is 4. The molecule has 0 heterocycles. The van der Waals surface area contributed by atoms with Gasteiger partial charge < -0.3 is 10.0 Å². The normalized spacial score (nSPS) is 10.8. The zero-order valence-electron chi connectivity index (χ0n) is 12.2. The fraction of sp³-hybridized carbons (Fsp3) is 0.500. The number of rotatable bonds is 6. The van der Waals surface area contributed by atoms with Crippen LogP contribution in [-0.4, -0.2) is 49.8 Å². The summed E-state index contributed by atoms with van der Waals surface area (Å²) in [5.74, 6) is -2.21. The third kappa shape index (κ3) is 7.25. The molecule has 1 N–H and O–H groups in total. The van der Waals surface area contributed by atoms with E-state index < -0.39 is 21.6 Å². The fourth-order valence-corrected chi connectivity index (χ4v) is 2.61. The second kappa shape index (κ2) is 9.50. The predicted molar refractivity (Wildman–Crippen MR) is 79.6 cm³/mol. The molecule has 1 rings (SSSR count). The van der Waals surface area contributed by atoms with Crippen molar-refractivity contribution in [2.45, 2.75) is 25.7 Å². The van der Waals surface area contributed by atoms with Gasteiger partial charge in [-0.3, -0.25) is 4.79 Å². The smallest absolute Gasteiger partial charge is 0.319 e. The number of hydrogen-bond donors (Lipinski definition) is 1. The molecule has 1 aromatic carbocycles. The number of carbonyl (C=O) groups is 1. The molecule has 0 radical (unpaired) electrons. The lowest BCUT2D eigenvalue weighted by Crippen LogP contribution is -2.21. The van der Waals surface area contributed by atoms with Gasteiger partial charge in [0.1, 0.15) is 0 Å². The quantitative estimate of drug-likeness (QED) is 0.868. The van der Waals surface area contributed by atoms with Crippen molar-refractivity contribution in [1.82, 2.24) is 4.90 Å². The molecule has 20 heavy (non-hydrogen) atoms. The summed E-state index contributed by atoms with van der Waals surface area (Å²) in [6.45, 7) is 10.1. The minimum absolute atomic E-state index is 0.0393. The number of sulfone groups is 1. The number of carboxylic acid groups (broad SMARTS) is 1. The molecule has 0 bridgehead atoms. The SMILES string of the molecule is CCN(CC)CC.O=C(O)CS(=O)(=O)c1ccccc1. The Hall–Kier alpha value is -1.40. The molecule has 0 fully saturated rings. The highest BCUT2D eigenvalue weighted by molar-refractivity contribution is 7.92. The van der Waals surface area contributed by atoms with E-state index in [2.05, 4.69) is 25.7 Å². The summed E-state index contributed by atoms with van der Waals surface area (Å²) >= 11 is 0. The molecular formula is C14H23NO4S. The highest BCUT2D eigenvalue weighted by Crippen LogP contribution is 2.09. The molecule has 5 nitrogen and oxygen atoms in total. The van der Waals surface area contributed by atoms with Gasteiger partial charge in [0.25, 0.3) is 0 Å². The average molecular weight is 301 g/mol. The number of benzene rings is 1. The Balaban J connectivity index is 0.000000441. The Morgan fingerprint density at radius 3 is 1.80 bits per heavy atom. The van der Waals surface area contributed by atoms with Gasteiger partial charge in [-0.15, -0.1) is 0 Å². The molecular weight excluding hydrogens is 278 g/mol. The summed E-state index contributed by atoms with van der Waals surface area (Å²) in [5.41, 5.74) is 0. The first-order valence-corrected chi connectivity index (χ1v) is 8.24. The van der Waals surface area contributed by atoms with Crippen molar-refractivity contribution < 1.29 is 18.3 Å². The molecule has 0 aliphatic heterocycles. The zero-order chi connectivity index (χ0) is 15.6. The molecule has 0 aromatic heterocycles. The lowest BCUT2D eigenvalue weighted by Gasteiger charge is -2.13. The summed E-state index contributed by atoms with van der Waals surface area (Å²) in [5, 5.41) is 8.33. The Kier molecular flexibility index (Phi) is 8.83. The van der Waals surface area contributed by atoms with Crippen molar-refractivity contribution in [2.24, 2.45) is 0 Å². The van der Waals surface area contributed by atoms with Gasteiger partial charge in [0.2, 0.25) is 0 Å². The number of carboxylic acids is 1. The van der Waals surface area contributed by atoms with Crippen LogP contribution in [0.3, 0.4) is 0 Å². The van der Waals surface area contributed by atoms with Crippen LogP contribution in [0.15, 0.2) is 35.2 Å². The van der Waals surface area contributed by atoms with Crippen molar-refractivity contribution in [3.05, 3.63) is 30.3 Å². The molecule has 0 atom stereocenters. The van der Waals surface area contributed by atoms with Gasteiger partial charge in [0.05, 0.1) is 4.90 Å². The van der Waals surface area contributed by atoms with Crippen LogP contribution in [0.25, 0.3) is 0 Å². The van der Waals surface area contributed by atoms with Crippen molar-refractivity contribution >= 4 is 15.8 Å². The maximum Gasteiger partial charge on any atom is 0.319 e. The van der Waals surface area contributed by atoms with E-state index in [-0.39, 0.29) is 4.90 Å². The Morgan fingerprint density at radius 2 is 1.50 bits per heavy atom. The highest BCUT2D eigenvalue weighted by atomic mass is 32.2. The topological polar surface area (TPSA) is 74.7 Å². The molecule has 0 unspecified atom stereocenters. The summed E-state index contributed by atoms with van der Waals surface area (Å²) in [6.07, 6.45) is 0. The lowest BCUT2D eigenvalue weighted by atomic mass is 10.4. The third-order valence-electron chi connectivity index (χ3n) is 2.76. The van der Waals surface area contributed by atoms with Crippen LogP contribution < -0.4 is 0 Å². The van der Waals surface area contributed by atoms with Crippen molar-refractivity contribution in [1.29, 1.82) is 0 Å². The maximum absolute atomic E-state index is 11.3. The Bertz CT molecular complexity index is 476. The van der Waals surface area contributed by atoms with Gasteiger partial charge in [0.15, 0.2) is 15.6 Å². The lowest BCUT2D eigenvalue weighted by molar-refractivity contribution is -0.134. The fourth-order valence-electron chi connectivity index (χ4n) is 1.54. The summed E-state index contributed by atoms with van der Waals surface area (Å²) in [4.78, 5) is 12.6. The summed E-state index contributed by atoms with van der Waals surface area (Å²) in [7, 11) is -3.66. The summed E-state index contributed by atoms with van der Waals surface area (Å²) < 4.78 is 22.5. The Labute approximate surface area is 121 Å². The molecule has 0 aliphatic rings. The standard InChI is InChI=1S/C8H8O4S.C6H15N/c9-8(10)6-13(11,12)7-4-2-1-3-5-7;1-4-7(5-2)6-3/h1-5H,6H2,(H,9,10);4-6H2,1-3H3. The van der Waals surface area contributed by atoms with Gasteiger partial charge in [0, 0.05) is 0 Å². The van der Waals surface area contributed by atoms with Crippen LogP contribution in [0.4, 0.5) is 0 Å². The molecule has 114 valence electrons. The second-order valence-corrected chi connectivity index (χ2v) is 6.07. The van der Waals surface area contributed by atoms with E-state index >= 15 is 0 Å². The van der Waals surface area contributed by atoms with Crippen molar-refractivity contribution in [3.63, 3.8) is 0 Å². The van der Waals surface area contributed by atoms with Crippen LogP contribution in [0, 0.1) is 0 Å². The van der Waals surface area contributed by atoms with E-state index in [1.165, 1.54) is 31.8 Å². The van der Waals surface area contributed by atoms with Gasteiger partial charge in [-0.1, -0.05) is 39.0 Å². The van der Waals surface area contributed by atoms with E-state index in [4.69, 9.17) is 5.11 Å². The molecule has 0 amide bonds. The van der Waals surface area contributed by atoms with E-state index in [0.717, 1.165) is 0 Å². The number of nitrogens with zero attached hydrogens (tertiary/aromatic N) is 1. The zero-order valence-corrected chi connectivity index (χ0v) is 13.1. The molecule has 0 aliphatic carbocycles. The van der Waals surface area contributed by atoms with Crippen LogP contribution in [0.5, 0.6) is 0 Å². The first kappa shape index (κ1) is 18.6.